The largest absolute Gasteiger partial charge is 0.397 e. The SMILES string of the molecule is Nc1ccc(-c2ccc(F)cc2)cc1NC(=O)c1cn(CCCc2ccccc2)nn1. The smallest absolute Gasteiger partial charge is 0.277 e. The van der Waals surface area contributed by atoms with Crippen molar-refractivity contribution in [1.29, 1.82) is 0 Å². The number of halogens is 1. The Morgan fingerprint density at radius 2 is 1.74 bits per heavy atom. The van der Waals surface area contributed by atoms with Gasteiger partial charge in [0, 0.05) is 6.54 Å². The van der Waals surface area contributed by atoms with E-state index in [4.69, 9.17) is 5.73 Å². The highest BCUT2D eigenvalue weighted by molar-refractivity contribution is 6.04. The van der Waals surface area contributed by atoms with Gasteiger partial charge in [-0.05, 0) is 53.8 Å². The van der Waals surface area contributed by atoms with Gasteiger partial charge in [-0.25, -0.2) is 4.39 Å². The van der Waals surface area contributed by atoms with Gasteiger partial charge >= 0.3 is 0 Å². The van der Waals surface area contributed by atoms with Gasteiger partial charge in [-0.3, -0.25) is 9.48 Å². The number of rotatable bonds is 7. The average molecular weight is 415 g/mol. The van der Waals surface area contributed by atoms with Crippen molar-refractivity contribution in [2.45, 2.75) is 19.4 Å². The van der Waals surface area contributed by atoms with Crippen molar-refractivity contribution in [1.82, 2.24) is 15.0 Å². The molecule has 31 heavy (non-hydrogen) atoms. The Hall–Kier alpha value is -4.00. The lowest BCUT2D eigenvalue weighted by Gasteiger charge is -2.10. The van der Waals surface area contributed by atoms with E-state index in [2.05, 4.69) is 27.8 Å². The van der Waals surface area contributed by atoms with E-state index in [1.54, 1.807) is 35.1 Å². The number of nitrogens with two attached hydrogens (primary N) is 1. The number of amides is 1. The molecule has 0 saturated heterocycles. The first-order valence-electron chi connectivity index (χ1n) is 9.99. The van der Waals surface area contributed by atoms with Crippen LogP contribution >= 0.6 is 0 Å². The van der Waals surface area contributed by atoms with Crippen molar-refractivity contribution >= 4 is 17.3 Å². The van der Waals surface area contributed by atoms with E-state index < -0.39 is 5.91 Å². The highest BCUT2D eigenvalue weighted by Gasteiger charge is 2.13. The molecule has 0 aliphatic rings. The van der Waals surface area contributed by atoms with Gasteiger partial charge in [0.1, 0.15) is 5.82 Å². The number of anilines is 2. The topological polar surface area (TPSA) is 85.8 Å². The predicted molar refractivity (Wildman–Crippen MR) is 119 cm³/mol. The molecule has 7 heteroatoms. The normalized spacial score (nSPS) is 10.7. The van der Waals surface area contributed by atoms with E-state index in [9.17, 15) is 9.18 Å². The van der Waals surface area contributed by atoms with Gasteiger partial charge in [0.2, 0.25) is 0 Å². The van der Waals surface area contributed by atoms with Gasteiger partial charge in [0.15, 0.2) is 5.69 Å². The molecule has 0 radical (unpaired) electrons. The van der Waals surface area contributed by atoms with Gasteiger partial charge in [-0.2, -0.15) is 0 Å². The Bertz CT molecular complexity index is 1170. The standard InChI is InChI=1S/C24H22FN5O/c25-20-11-8-18(9-12-20)19-10-13-21(26)22(15-19)27-24(31)23-16-30(29-28-23)14-4-7-17-5-2-1-3-6-17/h1-3,5-6,8-13,15-16H,4,7,14,26H2,(H,27,31). The predicted octanol–water partition coefficient (Wildman–Crippen LogP) is 4.55. The van der Waals surface area contributed by atoms with Crippen molar-refractivity contribution in [3.63, 3.8) is 0 Å². The quantitative estimate of drug-likeness (QED) is 0.434. The zero-order chi connectivity index (χ0) is 21.6. The molecule has 0 atom stereocenters. The maximum absolute atomic E-state index is 13.2. The minimum atomic E-state index is -0.391. The Labute approximate surface area is 179 Å². The lowest BCUT2D eigenvalue weighted by atomic mass is 10.0. The molecule has 0 saturated carbocycles. The molecule has 1 aromatic heterocycles. The van der Waals surface area contributed by atoms with Crippen LogP contribution in [0.15, 0.2) is 79.0 Å². The minimum absolute atomic E-state index is 0.214. The third-order valence-electron chi connectivity index (χ3n) is 4.95. The zero-order valence-corrected chi connectivity index (χ0v) is 16.8. The molecule has 3 N–H and O–H groups in total. The van der Waals surface area contributed by atoms with E-state index in [0.29, 0.717) is 17.9 Å². The van der Waals surface area contributed by atoms with E-state index in [-0.39, 0.29) is 11.5 Å². The fraction of sp³-hybridized carbons (Fsp3) is 0.125. The number of hydrogen-bond donors (Lipinski definition) is 2. The lowest BCUT2D eigenvalue weighted by Crippen LogP contribution is -2.13. The number of carbonyl (C=O) groups excluding carboxylic acids is 1. The molecule has 4 aromatic rings. The summed E-state index contributed by atoms with van der Waals surface area (Å²) in [6, 6.07) is 21.6. The number of benzene rings is 3. The third-order valence-corrected chi connectivity index (χ3v) is 4.95. The minimum Gasteiger partial charge on any atom is -0.397 e. The first-order chi connectivity index (χ1) is 15.1. The summed E-state index contributed by atoms with van der Waals surface area (Å²) in [6.07, 6.45) is 3.44. The molecule has 3 aromatic carbocycles. The van der Waals surface area contributed by atoms with Crippen LogP contribution in [-0.4, -0.2) is 20.9 Å². The summed E-state index contributed by atoms with van der Waals surface area (Å²) in [7, 11) is 0. The van der Waals surface area contributed by atoms with Gasteiger partial charge in [-0.1, -0.05) is 53.7 Å². The van der Waals surface area contributed by atoms with Crippen LogP contribution in [0.2, 0.25) is 0 Å². The first-order valence-corrected chi connectivity index (χ1v) is 9.99. The van der Waals surface area contributed by atoms with Crippen LogP contribution < -0.4 is 11.1 Å². The molecule has 0 spiro atoms. The molecule has 0 unspecified atom stereocenters. The van der Waals surface area contributed by atoms with Crippen molar-refractivity contribution in [2.75, 3.05) is 11.1 Å². The number of nitrogens with one attached hydrogen (secondary N) is 1. The molecule has 4 rings (SSSR count). The average Bonchev–Trinajstić information content (AvgIpc) is 3.26. The molecule has 0 aliphatic heterocycles. The van der Waals surface area contributed by atoms with Crippen LogP contribution in [0.1, 0.15) is 22.5 Å². The van der Waals surface area contributed by atoms with Crippen molar-refractivity contribution in [3.05, 3.63) is 96.1 Å². The van der Waals surface area contributed by atoms with E-state index >= 15 is 0 Å². The van der Waals surface area contributed by atoms with Crippen LogP contribution in [-0.2, 0) is 13.0 Å². The second kappa shape index (κ2) is 9.21. The summed E-state index contributed by atoms with van der Waals surface area (Å²) in [6.45, 7) is 0.664. The lowest BCUT2D eigenvalue weighted by molar-refractivity contribution is 0.102. The van der Waals surface area contributed by atoms with Crippen LogP contribution in [0, 0.1) is 5.82 Å². The Morgan fingerprint density at radius 3 is 2.52 bits per heavy atom. The Morgan fingerprint density at radius 1 is 1.00 bits per heavy atom. The summed E-state index contributed by atoms with van der Waals surface area (Å²) >= 11 is 0. The van der Waals surface area contributed by atoms with Gasteiger partial charge in [-0.15, -0.1) is 5.10 Å². The number of nitrogens with zero attached hydrogens (tertiary/aromatic N) is 3. The van der Waals surface area contributed by atoms with E-state index in [0.717, 1.165) is 24.0 Å². The van der Waals surface area contributed by atoms with Gasteiger partial charge in [0.05, 0.1) is 17.6 Å². The molecule has 1 heterocycles. The number of aryl methyl sites for hydroxylation is 2. The molecule has 0 aliphatic carbocycles. The van der Waals surface area contributed by atoms with Gasteiger partial charge in [0.25, 0.3) is 5.91 Å². The zero-order valence-electron chi connectivity index (χ0n) is 16.8. The molecule has 6 nitrogen and oxygen atoms in total. The summed E-state index contributed by atoms with van der Waals surface area (Å²) in [5.41, 5.74) is 10.0. The maximum Gasteiger partial charge on any atom is 0.277 e. The molecule has 0 fully saturated rings. The van der Waals surface area contributed by atoms with Gasteiger partial charge < -0.3 is 11.1 Å². The summed E-state index contributed by atoms with van der Waals surface area (Å²) in [5, 5.41) is 10.8. The molecule has 1 amide bonds. The second-order valence-electron chi connectivity index (χ2n) is 7.22. The number of aromatic nitrogens is 3. The molecule has 156 valence electrons. The van der Waals surface area contributed by atoms with Crippen molar-refractivity contribution in [3.8, 4) is 11.1 Å². The molecule has 0 bridgehead atoms. The number of hydrogen-bond acceptors (Lipinski definition) is 4. The summed E-state index contributed by atoms with van der Waals surface area (Å²) in [4.78, 5) is 12.6. The second-order valence-corrected chi connectivity index (χ2v) is 7.22. The fourth-order valence-electron chi connectivity index (χ4n) is 3.27. The van der Waals surface area contributed by atoms with Crippen LogP contribution in [0.25, 0.3) is 11.1 Å². The summed E-state index contributed by atoms with van der Waals surface area (Å²) < 4.78 is 14.8. The highest BCUT2D eigenvalue weighted by atomic mass is 19.1. The monoisotopic (exact) mass is 415 g/mol. The summed E-state index contributed by atoms with van der Waals surface area (Å²) in [5.74, 6) is -0.697. The fourth-order valence-corrected chi connectivity index (χ4v) is 3.27. The molecular weight excluding hydrogens is 393 g/mol. The number of nitrogen functional groups attached to an aromatic ring is 1. The highest BCUT2D eigenvalue weighted by Crippen LogP contribution is 2.27. The maximum atomic E-state index is 13.2. The van der Waals surface area contributed by atoms with Crippen LogP contribution in [0.5, 0.6) is 0 Å². The van der Waals surface area contributed by atoms with E-state index in [1.807, 2.05) is 24.3 Å². The molecular formula is C24H22FN5O. The third kappa shape index (κ3) is 5.14. The first kappa shape index (κ1) is 20.3. The van der Waals surface area contributed by atoms with E-state index in [1.165, 1.54) is 17.7 Å². The van der Waals surface area contributed by atoms with Crippen LogP contribution in [0.4, 0.5) is 15.8 Å². The Balaban J connectivity index is 1.40. The van der Waals surface area contributed by atoms with Crippen LogP contribution in [0.3, 0.4) is 0 Å². The van der Waals surface area contributed by atoms with Crippen molar-refractivity contribution < 1.29 is 9.18 Å². The number of carbonyl (C=O) groups is 1. The van der Waals surface area contributed by atoms with Crippen molar-refractivity contribution in [2.24, 2.45) is 0 Å². The Kier molecular flexibility index (Phi) is 6.03.